The van der Waals surface area contributed by atoms with Gasteiger partial charge in [0.1, 0.15) is 17.5 Å². The molecular formula is C31H41N3O4. The maximum absolute atomic E-state index is 13.2. The summed E-state index contributed by atoms with van der Waals surface area (Å²) in [7, 11) is 0. The van der Waals surface area contributed by atoms with E-state index in [-0.39, 0.29) is 18.1 Å². The quantitative estimate of drug-likeness (QED) is 0.561. The van der Waals surface area contributed by atoms with Gasteiger partial charge in [-0.3, -0.25) is 9.69 Å². The Morgan fingerprint density at radius 2 is 1.42 bits per heavy atom. The molecule has 3 heterocycles. The first-order valence-electron chi connectivity index (χ1n) is 14.1. The second-order valence-corrected chi connectivity index (χ2v) is 11.8. The number of hydrogen-bond donors (Lipinski definition) is 0. The number of piperidine rings is 2. The molecule has 0 saturated carbocycles. The monoisotopic (exact) mass is 519 g/mol. The van der Waals surface area contributed by atoms with Gasteiger partial charge in [0.2, 0.25) is 0 Å². The summed E-state index contributed by atoms with van der Waals surface area (Å²) in [6, 6.07) is 16.9. The molecule has 2 fully saturated rings. The average molecular weight is 520 g/mol. The molecule has 38 heavy (non-hydrogen) atoms. The minimum absolute atomic E-state index is 0.0519. The lowest BCUT2D eigenvalue weighted by molar-refractivity contribution is 0.0126. The zero-order chi connectivity index (χ0) is 26.7. The van der Waals surface area contributed by atoms with Crippen molar-refractivity contribution >= 4 is 12.0 Å². The molecule has 0 spiro atoms. The highest BCUT2D eigenvalue weighted by Gasteiger charge is 2.30. The van der Waals surface area contributed by atoms with Crippen LogP contribution in [0, 0.1) is 0 Å². The van der Waals surface area contributed by atoms with E-state index in [0.717, 1.165) is 64.0 Å². The third-order valence-electron chi connectivity index (χ3n) is 7.93. The molecule has 0 radical (unpaired) electrons. The summed E-state index contributed by atoms with van der Waals surface area (Å²) in [4.78, 5) is 31.8. The van der Waals surface area contributed by atoms with Crippen molar-refractivity contribution < 1.29 is 19.1 Å². The van der Waals surface area contributed by atoms with Crippen LogP contribution in [0.25, 0.3) is 0 Å². The summed E-state index contributed by atoms with van der Waals surface area (Å²) in [5.41, 5.74) is 3.16. The minimum atomic E-state index is -0.486. The molecule has 3 aliphatic heterocycles. The highest BCUT2D eigenvalue weighted by molar-refractivity contribution is 5.94. The van der Waals surface area contributed by atoms with Crippen molar-refractivity contribution in [2.45, 2.75) is 77.2 Å². The first kappa shape index (κ1) is 26.5. The number of ether oxygens (including phenoxy) is 2. The Morgan fingerprint density at radius 1 is 0.789 bits per heavy atom. The van der Waals surface area contributed by atoms with Crippen LogP contribution in [0.3, 0.4) is 0 Å². The largest absolute Gasteiger partial charge is 0.490 e. The molecular weight excluding hydrogens is 478 g/mol. The van der Waals surface area contributed by atoms with Crippen molar-refractivity contribution in [3.05, 3.63) is 65.2 Å². The van der Waals surface area contributed by atoms with Gasteiger partial charge < -0.3 is 19.3 Å². The normalized spacial score (nSPS) is 19.7. The Bertz CT molecular complexity index is 1110. The number of carbonyl (C=O) groups is 2. The Hall–Kier alpha value is -3.06. The third kappa shape index (κ3) is 6.49. The van der Waals surface area contributed by atoms with Gasteiger partial charge in [0.25, 0.3) is 5.91 Å². The van der Waals surface area contributed by atoms with Crippen molar-refractivity contribution in [3.63, 3.8) is 0 Å². The van der Waals surface area contributed by atoms with E-state index in [4.69, 9.17) is 9.47 Å². The SMILES string of the molecule is CC(C)(C)OC(=O)N1CCC(Oc2ccc(C(=O)N3CCC(N4CCc5ccccc5C4)CC3)cc2)CC1. The molecule has 204 valence electrons. The van der Waals surface area contributed by atoms with E-state index >= 15 is 0 Å². The van der Waals surface area contributed by atoms with Gasteiger partial charge in [0.05, 0.1) is 0 Å². The predicted octanol–water partition coefficient (Wildman–Crippen LogP) is 5.13. The zero-order valence-electron chi connectivity index (χ0n) is 23.0. The molecule has 2 aromatic rings. The molecule has 7 nitrogen and oxygen atoms in total. The lowest BCUT2D eigenvalue weighted by Crippen LogP contribution is -2.48. The summed E-state index contributed by atoms with van der Waals surface area (Å²) in [5.74, 6) is 0.867. The van der Waals surface area contributed by atoms with Crippen molar-refractivity contribution in [2.75, 3.05) is 32.7 Å². The fourth-order valence-electron chi connectivity index (χ4n) is 5.80. The Kier molecular flexibility index (Phi) is 7.93. The van der Waals surface area contributed by atoms with Gasteiger partial charge in [-0.15, -0.1) is 0 Å². The van der Waals surface area contributed by atoms with Crippen LogP contribution < -0.4 is 4.74 Å². The van der Waals surface area contributed by atoms with Crippen molar-refractivity contribution in [1.82, 2.24) is 14.7 Å². The molecule has 0 bridgehead atoms. The molecule has 5 rings (SSSR count). The number of hydrogen-bond acceptors (Lipinski definition) is 5. The number of amides is 2. The van der Waals surface area contributed by atoms with Crippen molar-refractivity contribution in [1.29, 1.82) is 0 Å². The van der Waals surface area contributed by atoms with Gasteiger partial charge in [-0.2, -0.15) is 0 Å². The Balaban J connectivity index is 1.07. The third-order valence-corrected chi connectivity index (χ3v) is 7.93. The molecule has 0 unspecified atom stereocenters. The van der Waals surface area contributed by atoms with Crippen molar-refractivity contribution in [2.24, 2.45) is 0 Å². The lowest BCUT2D eigenvalue weighted by atomic mass is 9.95. The number of fused-ring (bicyclic) bond motifs is 1. The maximum Gasteiger partial charge on any atom is 0.410 e. The standard InChI is InChI=1S/C31H41N3O4/c1-31(2,3)38-30(36)33-20-15-28(16-21-33)37-27-10-8-24(9-11-27)29(35)32-18-13-26(14-19-32)34-17-12-23-6-4-5-7-25(23)22-34/h4-11,26,28H,12-22H2,1-3H3. The summed E-state index contributed by atoms with van der Waals surface area (Å²) < 4.78 is 11.6. The molecule has 0 aromatic heterocycles. The van der Waals surface area contributed by atoms with Gasteiger partial charge in [0.15, 0.2) is 0 Å². The maximum atomic E-state index is 13.2. The van der Waals surface area contributed by atoms with Gasteiger partial charge in [-0.1, -0.05) is 24.3 Å². The minimum Gasteiger partial charge on any atom is -0.490 e. The Labute approximate surface area is 226 Å². The molecule has 2 saturated heterocycles. The van der Waals surface area contributed by atoms with E-state index in [0.29, 0.717) is 24.7 Å². The molecule has 3 aliphatic rings. The number of carbonyl (C=O) groups excluding carboxylic acids is 2. The van der Waals surface area contributed by atoms with Crippen LogP contribution in [0.2, 0.25) is 0 Å². The van der Waals surface area contributed by atoms with E-state index in [2.05, 4.69) is 29.2 Å². The Morgan fingerprint density at radius 3 is 2.08 bits per heavy atom. The van der Waals surface area contributed by atoms with Gasteiger partial charge in [-0.05, 0) is 75.4 Å². The van der Waals surface area contributed by atoms with Crippen molar-refractivity contribution in [3.8, 4) is 5.75 Å². The summed E-state index contributed by atoms with van der Waals surface area (Å²) >= 11 is 0. The molecule has 2 aromatic carbocycles. The zero-order valence-corrected chi connectivity index (χ0v) is 23.0. The molecule has 0 aliphatic carbocycles. The van der Waals surface area contributed by atoms with Crippen LogP contribution in [-0.4, -0.2) is 77.2 Å². The van der Waals surface area contributed by atoms with E-state index in [1.807, 2.05) is 49.9 Å². The van der Waals surface area contributed by atoms with E-state index in [1.54, 1.807) is 4.90 Å². The first-order chi connectivity index (χ1) is 18.2. The van der Waals surface area contributed by atoms with Crippen LogP contribution >= 0.6 is 0 Å². The van der Waals surface area contributed by atoms with Crippen LogP contribution in [0.5, 0.6) is 5.75 Å². The van der Waals surface area contributed by atoms with E-state index < -0.39 is 5.60 Å². The van der Waals surface area contributed by atoms with E-state index in [9.17, 15) is 9.59 Å². The van der Waals surface area contributed by atoms with Crippen LogP contribution in [0.1, 0.15) is 67.9 Å². The predicted molar refractivity (Wildman–Crippen MR) is 147 cm³/mol. The summed E-state index contributed by atoms with van der Waals surface area (Å²) in [5, 5.41) is 0. The molecule has 2 amide bonds. The van der Waals surface area contributed by atoms with Crippen LogP contribution in [-0.2, 0) is 17.7 Å². The summed E-state index contributed by atoms with van der Waals surface area (Å²) in [6.07, 6.45) is 4.48. The highest BCUT2D eigenvalue weighted by atomic mass is 16.6. The number of likely N-dealkylation sites (tertiary alicyclic amines) is 2. The fourth-order valence-corrected chi connectivity index (χ4v) is 5.80. The van der Waals surface area contributed by atoms with E-state index in [1.165, 1.54) is 11.1 Å². The van der Waals surface area contributed by atoms with Gasteiger partial charge in [0, 0.05) is 63.7 Å². The molecule has 7 heteroatoms. The lowest BCUT2D eigenvalue weighted by Gasteiger charge is -2.40. The number of benzene rings is 2. The fraction of sp³-hybridized carbons (Fsp3) is 0.548. The number of rotatable bonds is 4. The van der Waals surface area contributed by atoms with Crippen LogP contribution in [0.4, 0.5) is 4.79 Å². The number of nitrogens with zero attached hydrogens (tertiary/aromatic N) is 3. The summed E-state index contributed by atoms with van der Waals surface area (Å²) in [6.45, 7) is 10.6. The van der Waals surface area contributed by atoms with Gasteiger partial charge in [-0.25, -0.2) is 4.79 Å². The molecule has 0 N–H and O–H groups in total. The highest BCUT2D eigenvalue weighted by Crippen LogP contribution is 2.26. The van der Waals surface area contributed by atoms with Crippen LogP contribution in [0.15, 0.2) is 48.5 Å². The second-order valence-electron chi connectivity index (χ2n) is 11.8. The average Bonchev–Trinajstić information content (AvgIpc) is 2.92. The smallest absolute Gasteiger partial charge is 0.410 e. The topological polar surface area (TPSA) is 62.3 Å². The second kappa shape index (κ2) is 11.4. The van der Waals surface area contributed by atoms with Gasteiger partial charge >= 0.3 is 6.09 Å². The molecule has 0 atom stereocenters. The first-order valence-corrected chi connectivity index (χ1v) is 14.1.